The van der Waals surface area contributed by atoms with Gasteiger partial charge in [-0.1, -0.05) is 23.7 Å². The van der Waals surface area contributed by atoms with Crippen molar-refractivity contribution in [3.63, 3.8) is 0 Å². The second-order valence-electron chi connectivity index (χ2n) is 5.57. The van der Waals surface area contributed by atoms with E-state index in [1.54, 1.807) is 4.90 Å². The van der Waals surface area contributed by atoms with E-state index < -0.39 is 5.41 Å². The van der Waals surface area contributed by atoms with Crippen LogP contribution >= 0.6 is 11.6 Å². The lowest BCUT2D eigenvalue weighted by Gasteiger charge is -2.45. The number of likely N-dealkylation sites (tertiary alicyclic amines) is 1. The molecule has 108 valence electrons. The summed E-state index contributed by atoms with van der Waals surface area (Å²) in [5.74, 6) is 0.105. The fraction of sp³-hybridized carbons (Fsp3) is 0.533. The fourth-order valence-electron chi connectivity index (χ4n) is 3.04. The summed E-state index contributed by atoms with van der Waals surface area (Å²) in [6.45, 7) is 2.06. The first-order chi connectivity index (χ1) is 9.62. The Labute approximate surface area is 123 Å². The first-order valence-corrected chi connectivity index (χ1v) is 7.31. The molecule has 2 fully saturated rings. The van der Waals surface area contributed by atoms with E-state index in [1.165, 1.54) is 0 Å². The molecular formula is C15H18ClNO3. The van der Waals surface area contributed by atoms with Crippen LogP contribution in [0, 0.1) is 0 Å². The number of ether oxygens (including phenoxy) is 1. The van der Waals surface area contributed by atoms with Crippen LogP contribution in [0.4, 0.5) is 0 Å². The van der Waals surface area contributed by atoms with Gasteiger partial charge < -0.3 is 14.7 Å². The van der Waals surface area contributed by atoms with Crippen LogP contribution in [0.2, 0.25) is 5.02 Å². The Kier molecular flexibility index (Phi) is 3.71. The number of carbonyl (C=O) groups is 1. The highest BCUT2D eigenvalue weighted by molar-refractivity contribution is 6.30. The van der Waals surface area contributed by atoms with E-state index in [1.807, 2.05) is 24.3 Å². The van der Waals surface area contributed by atoms with Crippen LogP contribution in [0.25, 0.3) is 0 Å². The number of aliphatic hydroxyl groups is 1. The minimum absolute atomic E-state index is 0.105. The van der Waals surface area contributed by atoms with Gasteiger partial charge in [0.25, 0.3) is 0 Å². The average Bonchev–Trinajstić information content (AvgIpc) is 2.45. The summed E-state index contributed by atoms with van der Waals surface area (Å²) < 4.78 is 5.43. The number of halogens is 1. The quantitative estimate of drug-likeness (QED) is 0.901. The number of hydrogen-bond acceptors (Lipinski definition) is 3. The van der Waals surface area contributed by atoms with Crippen molar-refractivity contribution in [2.45, 2.75) is 24.4 Å². The van der Waals surface area contributed by atoms with Crippen LogP contribution in [0.15, 0.2) is 24.3 Å². The highest BCUT2D eigenvalue weighted by Gasteiger charge is 2.46. The van der Waals surface area contributed by atoms with Crippen molar-refractivity contribution < 1.29 is 14.6 Å². The van der Waals surface area contributed by atoms with Gasteiger partial charge in [0.15, 0.2) is 0 Å². The van der Waals surface area contributed by atoms with Crippen molar-refractivity contribution >= 4 is 17.5 Å². The number of rotatable bonds is 2. The van der Waals surface area contributed by atoms with Crippen molar-refractivity contribution in [3.8, 4) is 0 Å². The molecule has 2 heterocycles. The number of benzene rings is 1. The monoisotopic (exact) mass is 295 g/mol. The highest BCUT2D eigenvalue weighted by atomic mass is 35.5. The number of nitrogens with zero attached hydrogens (tertiary/aromatic N) is 1. The third-order valence-electron chi connectivity index (χ3n) is 4.30. The van der Waals surface area contributed by atoms with E-state index in [4.69, 9.17) is 16.3 Å². The van der Waals surface area contributed by atoms with E-state index in [-0.39, 0.29) is 12.0 Å². The molecule has 0 aromatic heterocycles. The summed E-state index contributed by atoms with van der Waals surface area (Å²) in [6.07, 6.45) is 0.987. The van der Waals surface area contributed by atoms with Gasteiger partial charge in [0.1, 0.15) is 0 Å². The lowest BCUT2D eigenvalue weighted by atomic mass is 9.72. The van der Waals surface area contributed by atoms with Crippen molar-refractivity contribution in [1.82, 2.24) is 4.90 Å². The van der Waals surface area contributed by atoms with E-state index in [0.29, 0.717) is 44.2 Å². The van der Waals surface area contributed by atoms with E-state index in [0.717, 1.165) is 5.56 Å². The number of amides is 1. The Bertz CT molecular complexity index is 490. The zero-order valence-corrected chi connectivity index (χ0v) is 12.0. The lowest BCUT2D eigenvalue weighted by Crippen LogP contribution is -2.60. The minimum Gasteiger partial charge on any atom is -0.389 e. The van der Waals surface area contributed by atoms with Gasteiger partial charge in [-0.15, -0.1) is 0 Å². The molecule has 1 aromatic carbocycles. The van der Waals surface area contributed by atoms with Crippen LogP contribution in [0.3, 0.4) is 0 Å². The molecule has 2 saturated heterocycles. The molecule has 1 N–H and O–H groups in total. The third-order valence-corrected chi connectivity index (χ3v) is 4.55. The predicted molar refractivity (Wildman–Crippen MR) is 75.8 cm³/mol. The van der Waals surface area contributed by atoms with E-state index in [2.05, 4.69) is 0 Å². The molecule has 20 heavy (non-hydrogen) atoms. The number of β-amino-alcohol motifs (C(OH)–C–C–N with tert-alkyl or cyclic N) is 1. The Morgan fingerprint density at radius 1 is 1.25 bits per heavy atom. The fourth-order valence-corrected chi connectivity index (χ4v) is 3.16. The maximum atomic E-state index is 12.9. The Balaban J connectivity index is 1.91. The zero-order chi connectivity index (χ0) is 14.2. The van der Waals surface area contributed by atoms with Gasteiger partial charge in [0, 0.05) is 31.3 Å². The smallest absolute Gasteiger partial charge is 0.233 e. The normalized spacial score (nSPS) is 22.4. The third kappa shape index (κ3) is 2.32. The molecule has 2 aliphatic rings. The van der Waals surface area contributed by atoms with E-state index >= 15 is 0 Å². The Morgan fingerprint density at radius 3 is 2.40 bits per heavy atom. The highest BCUT2D eigenvalue weighted by Crippen LogP contribution is 2.38. The summed E-state index contributed by atoms with van der Waals surface area (Å²) in [7, 11) is 0. The number of carbonyl (C=O) groups excluding carboxylic acids is 1. The average molecular weight is 296 g/mol. The molecule has 0 unspecified atom stereocenters. The molecule has 4 nitrogen and oxygen atoms in total. The molecule has 1 aromatic rings. The van der Waals surface area contributed by atoms with Gasteiger partial charge in [-0.2, -0.15) is 0 Å². The number of hydrogen-bond donors (Lipinski definition) is 1. The number of aliphatic hydroxyl groups excluding tert-OH is 1. The van der Waals surface area contributed by atoms with Crippen LogP contribution < -0.4 is 0 Å². The topological polar surface area (TPSA) is 49.8 Å². The Morgan fingerprint density at radius 2 is 1.85 bits per heavy atom. The molecule has 0 saturated carbocycles. The van der Waals surface area contributed by atoms with Crippen molar-refractivity contribution in [2.24, 2.45) is 0 Å². The van der Waals surface area contributed by atoms with Crippen molar-refractivity contribution in [2.75, 3.05) is 26.3 Å². The molecule has 1 amide bonds. The molecule has 2 aliphatic heterocycles. The summed E-state index contributed by atoms with van der Waals surface area (Å²) in [5.41, 5.74) is 0.472. The first kappa shape index (κ1) is 13.9. The summed E-state index contributed by atoms with van der Waals surface area (Å²) in [5, 5.41) is 10.1. The molecule has 0 bridgehead atoms. The van der Waals surface area contributed by atoms with Crippen molar-refractivity contribution in [1.29, 1.82) is 0 Å². The van der Waals surface area contributed by atoms with Crippen LogP contribution in [0.1, 0.15) is 18.4 Å². The second kappa shape index (κ2) is 5.35. The summed E-state index contributed by atoms with van der Waals surface area (Å²) in [6, 6.07) is 7.52. The largest absolute Gasteiger partial charge is 0.389 e. The standard InChI is InChI=1S/C15H18ClNO3/c16-12-3-1-11(2-4-12)15(5-7-20-8-6-15)14(19)17-9-13(18)10-17/h1-4,13,18H,5-10H2. The van der Waals surface area contributed by atoms with Gasteiger partial charge in [-0.05, 0) is 30.5 Å². The second-order valence-corrected chi connectivity index (χ2v) is 6.00. The van der Waals surface area contributed by atoms with Gasteiger partial charge >= 0.3 is 0 Å². The lowest BCUT2D eigenvalue weighted by molar-refractivity contribution is -0.151. The SMILES string of the molecule is O=C(N1CC(O)C1)C1(c2ccc(Cl)cc2)CCOCC1. The van der Waals surface area contributed by atoms with Crippen molar-refractivity contribution in [3.05, 3.63) is 34.9 Å². The predicted octanol–water partition coefficient (Wildman–Crippen LogP) is 1.59. The minimum atomic E-state index is -0.525. The van der Waals surface area contributed by atoms with Crippen LogP contribution in [0.5, 0.6) is 0 Å². The summed E-state index contributed by atoms with van der Waals surface area (Å²) >= 11 is 5.94. The summed E-state index contributed by atoms with van der Waals surface area (Å²) in [4.78, 5) is 14.6. The molecule has 5 heteroatoms. The molecule has 0 atom stereocenters. The maximum absolute atomic E-state index is 12.9. The maximum Gasteiger partial charge on any atom is 0.233 e. The van der Waals surface area contributed by atoms with Gasteiger partial charge in [0.05, 0.1) is 11.5 Å². The van der Waals surface area contributed by atoms with Gasteiger partial charge in [0.2, 0.25) is 5.91 Å². The van der Waals surface area contributed by atoms with E-state index in [9.17, 15) is 9.90 Å². The zero-order valence-electron chi connectivity index (χ0n) is 11.2. The molecule has 0 spiro atoms. The first-order valence-electron chi connectivity index (χ1n) is 6.93. The van der Waals surface area contributed by atoms with Gasteiger partial charge in [-0.3, -0.25) is 4.79 Å². The molecule has 3 rings (SSSR count). The Hall–Kier alpha value is -1.10. The molecule has 0 radical (unpaired) electrons. The molecule has 0 aliphatic carbocycles. The molecular weight excluding hydrogens is 278 g/mol. The van der Waals surface area contributed by atoms with Gasteiger partial charge in [-0.25, -0.2) is 0 Å². The van der Waals surface area contributed by atoms with Crippen LogP contribution in [-0.4, -0.2) is 48.3 Å². The van der Waals surface area contributed by atoms with Crippen LogP contribution in [-0.2, 0) is 14.9 Å².